The summed E-state index contributed by atoms with van der Waals surface area (Å²) in [5.74, 6) is 0. The first-order valence-corrected chi connectivity index (χ1v) is 11.7. The molecule has 0 amide bonds. The minimum atomic E-state index is 0.283. The number of hydrogen-bond acceptors (Lipinski definition) is 5. The van der Waals surface area contributed by atoms with Gasteiger partial charge in [0.05, 0.1) is 11.4 Å². The van der Waals surface area contributed by atoms with E-state index < -0.39 is 0 Å². The molecular formula is C23H39N5. The SMILES string of the molecule is C[C@H]1N[C@@H]2CCCCC2NCCNC2CCCC[C@H]2N[C@H](C)c2cccc1n2. The van der Waals surface area contributed by atoms with Gasteiger partial charge < -0.3 is 21.3 Å². The summed E-state index contributed by atoms with van der Waals surface area (Å²) in [6.45, 7) is 6.66. The number of hydrogen-bond donors (Lipinski definition) is 4. The number of nitrogens with zero attached hydrogens (tertiary/aromatic N) is 1. The molecule has 6 atom stereocenters. The van der Waals surface area contributed by atoms with Crippen molar-refractivity contribution in [1.82, 2.24) is 26.3 Å². The molecule has 5 nitrogen and oxygen atoms in total. The van der Waals surface area contributed by atoms with Crippen LogP contribution in [0.5, 0.6) is 0 Å². The molecule has 156 valence electrons. The molecule has 2 fully saturated rings. The molecule has 4 rings (SSSR count). The Morgan fingerprint density at radius 2 is 1.11 bits per heavy atom. The van der Waals surface area contributed by atoms with Crippen molar-refractivity contribution in [3.8, 4) is 0 Å². The van der Waals surface area contributed by atoms with Crippen LogP contribution in [0.1, 0.15) is 88.7 Å². The van der Waals surface area contributed by atoms with Crippen LogP contribution in [0.2, 0.25) is 0 Å². The van der Waals surface area contributed by atoms with Crippen molar-refractivity contribution < 1.29 is 0 Å². The summed E-state index contributed by atoms with van der Waals surface area (Å²) >= 11 is 0. The normalized spacial score (nSPS) is 37.8. The fourth-order valence-electron chi connectivity index (χ4n) is 5.43. The summed E-state index contributed by atoms with van der Waals surface area (Å²) in [7, 11) is 0. The topological polar surface area (TPSA) is 61.0 Å². The van der Waals surface area contributed by atoms with Gasteiger partial charge in [0.1, 0.15) is 0 Å². The van der Waals surface area contributed by atoms with E-state index in [0.29, 0.717) is 24.2 Å². The summed E-state index contributed by atoms with van der Waals surface area (Å²) in [5, 5.41) is 15.5. The molecule has 2 heterocycles. The van der Waals surface area contributed by atoms with Gasteiger partial charge in [-0.2, -0.15) is 0 Å². The fourth-order valence-corrected chi connectivity index (χ4v) is 5.43. The molecule has 0 saturated heterocycles. The molecule has 4 N–H and O–H groups in total. The maximum Gasteiger partial charge on any atom is 0.0574 e. The molecule has 5 heteroatoms. The second-order valence-electron chi connectivity index (χ2n) is 9.17. The maximum absolute atomic E-state index is 5.06. The van der Waals surface area contributed by atoms with Crippen LogP contribution >= 0.6 is 0 Å². The highest BCUT2D eigenvalue weighted by Crippen LogP contribution is 2.24. The Bertz CT molecular complexity index is 572. The lowest BCUT2D eigenvalue weighted by molar-refractivity contribution is 0.254. The third kappa shape index (κ3) is 4.93. The Morgan fingerprint density at radius 1 is 0.679 bits per heavy atom. The van der Waals surface area contributed by atoms with E-state index in [2.05, 4.69) is 53.3 Å². The van der Waals surface area contributed by atoms with Gasteiger partial charge in [-0.05, 0) is 51.7 Å². The van der Waals surface area contributed by atoms with Crippen LogP contribution in [0, 0.1) is 0 Å². The summed E-state index contributed by atoms with van der Waals surface area (Å²) in [6, 6.07) is 9.34. The number of pyridine rings is 1. The van der Waals surface area contributed by atoms with E-state index in [9.17, 15) is 0 Å². The molecule has 2 unspecified atom stereocenters. The van der Waals surface area contributed by atoms with Gasteiger partial charge in [0.2, 0.25) is 0 Å². The lowest BCUT2D eigenvalue weighted by Crippen LogP contribution is -2.54. The van der Waals surface area contributed by atoms with Crippen LogP contribution in [0.4, 0.5) is 0 Å². The highest BCUT2D eigenvalue weighted by Gasteiger charge is 2.29. The van der Waals surface area contributed by atoms with Crippen molar-refractivity contribution in [2.75, 3.05) is 13.1 Å². The van der Waals surface area contributed by atoms with E-state index in [-0.39, 0.29) is 12.1 Å². The highest BCUT2D eigenvalue weighted by molar-refractivity contribution is 5.17. The van der Waals surface area contributed by atoms with E-state index in [1.165, 1.54) is 62.8 Å². The summed E-state index contributed by atoms with van der Waals surface area (Å²) in [5.41, 5.74) is 2.34. The van der Waals surface area contributed by atoms with Gasteiger partial charge in [-0.15, -0.1) is 0 Å². The molecule has 0 aromatic carbocycles. The Hall–Kier alpha value is -1.01. The van der Waals surface area contributed by atoms with Gasteiger partial charge in [-0.1, -0.05) is 31.7 Å². The average molecular weight is 386 g/mol. The Kier molecular flexibility index (Phi) is 6.99. The molecule has 2 bridgehead atoms. The first-order chi connectivity index (χ1) is 13.7. The summed E-state index contributed by atoms with van der Waals surface area (Å²) in [4.78, 5) is 5.06. The largest absolute Gasteiger partial charge is 0.311 e. The van der Waals surface area contributed by atoms with Crippen molar-refractivity contribution in [3.05, 3.63) is 29.6 Å². The van der Waals surface area contributed by atoms with Crippen LogP contribution in [-0.4, -0.2) is 42.2 Å². The molecular weight excluding hydrogens is 346 g/mol. The minimum absolute atomic E-state index is 0.283. The maximum atomic E-state index is 5.06. The Labute approximate surface area is 170 Å². The predicted molar refractivity (Wildman–Crippen MR) is 115 cm³/mol. The smallest absolute Gasteiger partial charge is 0.0574 e. The molecule has 0 spiro atoms. The predicted octanol–water partition coefficient (Wildman–Crippen LogP) is 3.20. The van der Waals surface area contributed by atoms with Crippen LogP contribution in [0.25, 0.3) is 0 Å². The zero-order chi connectivity index (χ0) is 19.3. The standard InChI is InChI=1S/C23H39N5/c1-16-18-12-7-13-19(28-18)17(2)27-23-11-6-4-9-21(23)25-15-14-24-20-8-3-5-10-22(20)26-16/h7,12-13,16-17,20-27H,3-6,8-11,14-15H2,1-2H3/t16-,17-,20?,21?,22-,23-/m1/s1. The summed E-state index contributed by atoms with van der Waals surface area (Å²) < 4.78 is 0. The van der Waals surface area contributed by atoms with E-state index >= 15 is 0 Å². The molecule has 2 saturated carbocycles. The zero-order valence-corrected chi connectivity index (χ0v) is 17.7. The lowest BCUT2D eigenvalue weighted by atomic mass is 9.89. The molecule has 1 aliphatic heterocycles. The van der Waals surface area contributed by atoms with Gasteiger partial charge in [0.25, 0.3) is 0 Å². The van der Waals surface area contributed by atoms with Crippen LogP contribution in [0.3, 0.4) is 0 Å². The fraction of sp³-hybridized carbons (Fsp3) is 0.783. The molecule has 3 aliphatic rings. The third-order valence-electron chi connectivity index (χ3n) is 7.08. The van der Waals surface area contributed by atoms with Crippen molar-refractivity contribution >= 4 is 0 Å². The van der Waals surface area contributed by atoms with Crippen molar-refractivity contribution in [2.45, 2.75) is 101 Å². The van der Waals surface area contributed by atoms with Gasteiger partial charge in [0, 0.05) is 49.3 Å². The highest BCUT2D eigenvalue weighted by atomic mass is 15.1. The van der Waals surface area contributed by atoms with Crippen molar-refractivity contribution in [1.29, 1.82) is 0 Å². The summed E-state index contributed by atoms with van der Waals surface area (Å²) in [6.07, 6.45) is 10.4. The molecule has 28 heavy (non-hydrogen) atoms. The van der Waals surface area contributed by atoms with Crippen LogP contribution in [0.15, 0.2) is 18.2 Å². The average Bonchev–Trinajstić information content (AvgIpc) is 2.73. The van der Waals surface area contributed by atoms with E-state index in [1.807, 2.05) is 0 Å². The molecule has 1 aromatic heterocycles. The van der Waals surface area contributed by atoms with E-state index in [0.717, 1.165) is 13.1 Å². The van der Waals surface area contributed by atoms with Crippen molar-refractivity contribution in [2.24, 2.45) is 0 Å². The zero-order valence-electron chi connectivity index (χ0n) is 17.7. The lowest BCUT2D eigenvalue weighted by Gasteiger charge is -2.36. The van der Waals surface area contributed by atoms with Gasteiger partial charge in [-0.3, -0.25) is 4.98 Å². The monoisotopic (exact) mass is 385 g/mol. The van der Waals surface area contributed by atoms with Gasteiger partial charge in [-0.25, -0.2) is 0 Å². The Balaban J connectivity index is 1.56. The molecule has 0 radical (unpaired) electrons. The molecule has 2 aliphatic carbocycles. The van der Waals surface area contributed by atoms with Gasteiger partial charge >= 0.3 is 0 Å². The second kappa shape index (κ2) is 9.66. The quantitative estimate of drug-likeness (QED) is 0.552. The first kappa shape index (κ1) is 20.3. The third-order valence-corrected chi connectivity index (χ3v) is 7.08. The van der Waals surface area contributed by atoms with E-state index in [4.69, 9.17) is 4.98 Å². The minimum Gasteiger partial charge on any atom is -0.311 e. The van der Waals surface area contributed by atoms with Crippen LogP contribution < -0.4 is 21.3 Å². The molecule has 1 aromatic rings. The number of aromatic nitrogens is 1. The van der Waals surface area contributed by atoms with E-state index in [1.54, 1.807) is 0 Å². The first-order valence-electron chi connectivity index (χ1n) is 11.7. The number of nitrogens with one attached hydrogen (secondary N) is 4. The second-order valence-corrected chi connectivity index (χ2v) is 9.17. The number of fused-ring (bicyclic) bond motifs is 4. The van der Waals surface area contributed by atoms with Crippen LogP contribution in [-0.2, 0) is 0 Å². The number of rotatable bonds is 0. The van der Waals surface area contributed by atoms with Gasteiger partial charge in [0.15, 0.2) is 0 Å². The Morgan fingerprint density at radius 3 is 1.57 bits per heavy atom. The van der Waals surface area contributed by atoms with Crippen molar-refractivity contribution in [3.63, 3.8) is 0 Å².